The van der Waals surface area contributed by atoms with Crippen LogP contribution in [-0.4, -0.2) is 21.1 Å². The summed E-state index contributed by atoms with van der Waals surface area (Å²) in [7, 11) is 0. The van der Waals surface area contributed by atoms with Crippen molar-refractivity contribution in [1.82, 2.24) is 14.5 Å². The van der Waals surface area contributed by atoms with Gasteiger partial charge in [-0.3, -0.25) is 0 Å². The molecule has 16 heavy (non-hydrogen) atoms. The fraction of sp³-hybridized carbons (Fsp3) is 0.273. The third-order valence-corrected chi connectivity index (χ3v) is 3.40. The van der Waals surface area contributed by atoms with Gasteiger partial charge in [-0.05, 0) is 28.1 Å². The highest BCUT2D eigenvalue weighted by molar-refractivity contribution is 9.10. The Morgan fingerprint density at radius 2 is 2.12 bits per heavy atom. The molecule has 1 aliphatic heterocycles. The number of hydrogen-bond acceptors (Lipinski definition) is 3. The second-order valence-corrected chi connectivity index (χ2v) is 4.62. The van der Waals surface area contributed by atoms with Gasteiger partial charge in [-0.1, -0.05) is 0 Å². The first-order valence-electron chi connectivity index (χ1n) is 5.20. The van der Waals surface area contributed by atoms with E-state index in [-0.39, 0.29) is 0 Å². The van der Waals surface area contributed by atoms with Gasteiger partial charge >= 0.3 is 0 Å². The Morgan fingerprint density at radius 3 is 3.00 bits per heavy atom. The molecular formula is C11H11BrN4. The fourth-order valence-electron chi connectivity index (χ4n) is 1.96. The predicted molar refractivity (Wildman–Crippen MR) is 65.2 cm³/mol. The lowest BCUT2D eigenvalue weighted by molar-refractivity contribution is 0.555. The van der Waals surface area contributed by atoms with Crippen molar-refractivity contribution in [2.24, 2.45) is 0 Å². The molecule has 82 valence electrons. The lowest BCUT2D eigenvalue weighted by Gasteiger charge is -2.29. The summed E-state index contributed by atoms with van der Waals surface area (Å²) in [5, 5.41) is 0. The Balaban J connectivity index is 1.92. The maximum atomic E-state index is 4.40. The van der Waals surface area contributed by atoms with Crippen LogP contribution in [0.2, 0.25) is 0 Å². The van der Waals surface area contributed by atoms with Gasteiger partial charge in [0.15, 0.2) is 0 Å². The van der Waals surface area contributed by atoms with Crippen molar-refractivity contribution in [2.75, 3.05) is 11.4 Å². The van der Waals surface area contributed by atoms with Gasteiger partial charge in [-0.2, -0.15) is 0 Å². The van der Waals surface area contributed by atoms with Crippen LogP contribution >= 0.6 is 15.9 Å². The van der Waals surface area contributed by atoms with Crippen LogP contribution in [0.25, 0.3) is 0 Å². The van der Waals surface area contributed by atoms with E-state index in [0.717, 1.165) is 35.7 Å². The molecule has 0 spiro atoms. The quantitative estimate of drug-likeness (QED) is 0.801. The van der Waals surface area contributed by atoms with Gasteiger partial charge < -0.3 is 9.47 Å². The first-order chi connectivity index (χ1) is 7.84. The molecule has 0 aromatic carbocycles. The molecule has 0 fully saturated rings. The molecule has 2 aromatic heterocycles. The van der Waals surface area contributed by atoms with Crippen molar-refractivity contribution in [3.63, 3.8) is 0 Å². The minimum Gasteiger partial charge on any atom is -0.346 e. The average Bonchev–Trinajstić information content (AvgIpc) is 2.76. The minimum absolute atomic E-state index is 0.822. The molecule has 0 aliphatic carbocycles. The van der Waals surface area contributed by atoms with Crippen molar-refractivity contribution in [3.05, 3.63) is 41.0 Å². The number of pyridine rings is 1. The van der Waals surface area contributed by atoms with Gasteiger partial charge in [-0.25, -0.2) is 9.97 Å². The normalized spacial score (nSPS) is 14.9. The highest BCUT2D eigenvalue weighted by Gasteiger charge is 2.19. The molecular weight excluding hydrogens is 268 g/mol. The molecule has 0 bridgehead atoms. The summed E-state index contributed by atoms with van der Waals surface area (Å²) in [5.41, 5.74) is 0. The van der Waals surface area contributed by atoms with Crippen LogP contribution in [0, 0.1) is 0 Å². The third-order valence-electron chi connectivity index (χ3n) is 2.78. The van der Waals surface area contributed by atoms with Crippen molar-refractivity contribution in [1.29, 1.82) is 0 Å². The zero-order chi connectivity index (χ0) is 11.0. The Labute approximate surface area is 102 Å². The van der Waals surface area contributed by atoms with E-state index in [4.69, 9.17) is 0 Å². The van der Waals surface area contributed by atoms with Gasteiger partial charge in [-0.15, -0.1) is 0 Å². The van der Waals surface area contributed by atoms with Gasteiger partial charge in [0.05, 0.1) is 11.0 Å². The summed E-state index contributed by atoms with van der Waals surface area (Å²) < 4.78 is 3.22. The maximum Gasteiger partial charge on any atom is 0.143 e. The largest absolute Gasteiger partial charge is 0.346 e. The van der Waals surface area contributed by atoms with E-state index in [2.05, 4.69) is 35.4 Å². The Hall–Kier alpha value is -1.36. The summed E-state index contributed by atoms with van der Waals surface area (Å²) in [6.07, 6.45) is 5.70. The predicted octanol–water partition coefficient (Wildman–Crippen LogP) is 2.06. The standard InChI is InChI=1S/C11H11BrN4/c12-9-2-1-3-14-11(9)16-7-6-15-5-4-13-10(15)8-16/h1-5H,6-8H2. The zero-order valence-corrected chi connectivity index (χ0v) is 10.3. The number of imidazole rings is 1. The Kier molecular flexibility index (Phi) is 2.40. The molecule has 0 atom stereocenters. The fourth-order valence-corrected chi connectivity index (χ4v) is 2.47. The second-order valence-electron chi connectivity index (χ2n) is 3.77. The number of halogens is 1. The number of anilines is 1. The van der Waals surface area contributed by atoms with E-state index in [1.54, 1.807) is 0 Å². The summed E-state index contributed by atoms with van der Waals surface area (Å²) in [6.45, 7) is 2.76. The first kappa shape index (κ1) is 9.84. The molecule has 0 radical (unpaired) electrons. The van der Waals surface area contributed by atoms with Gasteiger partial charge in [0.1, 0.15) is 11.6 Å². The van der Waals surface area contributed by atoms with Crippen molar-refractivity contribution in [3.8, 4) is 0 Å². The number of hydrogen-bond donors (Lipinski definition) is 0. The van der Waals surface area contributed by atoms with Crippen molar-refractivity contribution >= 4 is 21.7 Å². The molecule has 0 saturated heterocycles. The Morgan fingerprint density at radius 1 is 1.19 bits per heavy atom. The highest BCUT2D eigenvalue weighted by atomic mass is 79.9. The monoisotopic (exact) mass is 278 g/mol. The Bertz CT molecular complexity index is 508. The van der Waals surface area contributed by atoms with Crippen LogP contribution in [0.3, 0.4) is 0 Å². The number of rotatable bonds is 1. The summed E-state index contributed by atoms with van der Waals surface area (Å²) in [4.78, 5) is 11.0. The minimum atomic E-state index is 0.822. The lowest BCUT2D eigenvalue weighted by Crippen LogP contribution is -2.34. The van der Waals surface area contributed by atoms with Crippen LogP contribution in [0.1, 0.15) is 5.82 Å². The van der Waals surface area contributed by atoms with Crippen LogP contribution in [0.15, 0.2) is 35.2 Å². The molecule has 3 heterocycles. The second kappa shape index (κ2) is 3.90. The first-order valence-corrected chi connectivity index (χ1v) is 5.99. The van der Waals surface area contributed by atoms with E-state index in [9.17, 15) is 0 Å². The van der Waals surface area contributed by atoms with E-state index in [0.29, 0.717) is 0 Å². The summed E-state index contributed by atoms with van der Waals surface area (Å²) in [6, 6.07) is 3.95. The summed E-state index contributed by atoms with van der Waals surface area (Å²) >= 11 is 3.53. The molecule has 0 unspecified atom stereocenters. The maximum absolute atomic E-state index is 4.40. The smallest absolute Gasteiger partial charge is 0.143 e. The van der Waals surface area contributed by atoms with Crippen LogP contribution < -0.4 is 4.90 Å². The number of aromatic nitrogens is 3. The van der Waals surface area contributed by atoms with Crippen LogP contribution in [-0.2, 0) is 13.1 Å². The van der Waals surface area contributed by atoms with Crippen LogP contribution in [0.5, 0.6) is 0 Å². The van der Waals surface area contributed by atoms with E-state index in [1.165, 1.54) is 0 Å². The molecule has 2 aromatic rings. The van der Waals surface area contributed by atoms with Gasteiger partial charge in [0.2, 0.25) is 0 Å². The molecule has 4 nitrogen and oxygen atoms in total. The zero-order valence-electron chi connectivity index (χ0n) is 8.67. The number of nitrogens with zero attached hydrogens (tertiary/aromatic N) is 4. The van der Waals surface area contributed by atoms with Crippen LogP contribution in [0.4, 0.5) is 5.82 Å². The van der Waals surface area contributed by atoms with Gasteiger partial charge in [0.25, 0.3) is 0 Å². The third kappa shape index (κ3) is 1.61. The molecule has 5 heteroatoms. The van der Waals surface area contributed by atoms with E-state index < -0.39 is 0 Å². The van der Waals surface area contributed by atoms with Crippen molar-refractivity contribution in [2.45, 2.75) is 13.1 Å². The topological polar surface area (TPSA) is 34.0 Å². The molecule has 0 saturated carbocycles. The van der Waals surface area contributed by atoms with Gasteiger partial charge in [0, 0.05) is 31.7 Å². The van der Waals surface area contributed by atoms with Crippen molar-refractivity contribution < 1.29 is 0 Å². The molecule has 1 aliphatic rings. The molecule has 3 rings (SSSR count). The SMILES string of the molecule is Brc1cccnc1N1CCn2ccnc2C1. The highest BCUT2D eigenvalue weighted by Crippen LogP contribution is 2.25. The van der Waals surface area contributed by atoms with E-state index in [1.807, 2.05) is 30.7 Å². The molecule has 0 amide bonds. The lowest BCUT2D eigenvalue weighted by atomic mass is 10.3. The summed E-state index contributed by atoms with van der Waals surface area (Å²) in [5.74, 6) is 2.10. The van der Waals surface area contributed by atoms with E-state index >= 15 is 0 Å². The average molecular weight is 279 g/mol. The number of fused-ring (bicyclic) bond motifs is 1. The molecule has 0 N–H and O–H groups in total.